The number of carbonyl (C=O) groups is 1. The molecule has 0 aliphatic heterocycles. The molecule has 20 heavy (non-hydrogen) atoms. The lowest BCUT2D eigenvalue weighted by Crippen LogP contribution is -2.16. The predicted octanol–water partition coefficient (Wildman–Crippen LogP) is 2.02. The summed E-state index contributed by atoms with van der Waals surface area (Å²) >= 11 is 0. The lowest BCUT2D eigenvalue weighted by atomic mass is 9.83. The van der Waals surface area contributed by atoms with E-state index < -0.39 is 15.8 Å². The number of ether oxygens (including phenoxy) is 1. The van der Waals surface area contributed by atoms with Crippen molar-refractivity contribution < 1.29 is 17.9 Å². The second-order valence-electron chi connectivity index (χ2n) is 5.28. The maximum Gasteiger partial charge on any atom is 0.338 e. The summed E-state index contributed by atoms with van der Waals surface area (Å²) in [5, 5.41) is 0. The zero-order valence-corrected chi connectivity index (χ0v) is 12.3. The molecule has 0 atom stereocenters. The highest BCUT2D eigenvalue weighted by Gasteiger charge is 2.18. The highest BCUT2D eigenvalue weighted by Crippen LogP contribution is 2.29. The van der Waals surface area contributed by atoms with Crippen LogP contribution in [0.25, 0.3) is 0 Å². The van der Waals surface area contributed by atoms with E-state index in [1.165, 1.54) is 37.5 Å². The van der Waals surface area contributed by atoms with Crippen molar-refractivity contribution in [1.29, 1.82) is 0 Å². The Kier molecular flexibility index (Phi) is 4.32. The number of hydrogen-bond donors (Lipinski definition) is 1. The van der Waals surface area contributed by atoms with Crippen LogP contribution in [0.1, 0.15) is 36.0 Å². The van der Waals surface area contributed by atoms with Gasteiger partial charge in [-0.15, -0.1) is 0 Å². The Morgan fingerprint density at radius 1 is 1.35 bits per heavy atom. The van der Waals surface area contributed by atoms with Crippen molar-refractivity contribution in [1.82, 2.24) is 0 Å². The second-order valence-corrected chi connectivity index (χ2v) is 7.30. The molecule has 0 radical (unpaired) electrons. The standard InChI is InChI=1S/C14H19NO4S/c1-20(17,18)13-8-11(7-12(15)9-13)14(16)19-6-5-10-3-2-4-10/h7-10H,2-6,15H2,1H3. The fourth-order valence-corrected chi connectivity index (χ4v) is 2.83. The van der Waals surface area contributed by atoms with Crippen molar-refractivity contribution in [3.8, 4) is 0 Å². The third-order valence-corrected chi connectivity index (χ3v) is 4.67. The maximum atomic E-state index is 11.9. The Balaban J connectivity index is 2.03. The van der Waals surface area contributed by atoms with Crippen LogP contribution in [-0.2, 0) is 14.6 Å². The summed E-state index contributed by atoms with van der Waals surface area (Å²) in [6.45, 7) is 0.368. The molecule has 0 aromatic heterocycles. The molecule has 1 aromatic carbocycles. The molecule has 1 aromatic rings. The number of hydrogen-bond acceptors (Lipinski definition) is 5. The third-order valence-electron chi connectivity index (χ3n) is 3.58. The Morgan fingerprint density at radius 3 is 2.60 bits per heavy atom. The van der Waals surface area contributed by atoms with E-state index in [0.717, 1.165) is 12.7 Å². The lowest BCUT2D eigenvalue weighted by molar-refractivity contribution is 0.0464. The number of nitrogens with two attached hydrogens (primary N) is 1. The molecule has 0 spiro atoms. The van der Waals surface area contributed by atoms with Crippen molar-refractivity contribution in [2.45, 2.75) is 30.6 Å². The Bertz CT molecular complexity index is 606. The quantitative estimate of drug-likeness (QED) is 0.663. The summed E-state index contributed by atoms with van der Waals surface area (Å²) in [5.41, 5.74) is 6.04. The highest BCUT2D eigenvalue weighted by atomic mass is 32.2. The van der Waals surface area contributed by atoms with Crippen LogP contribution in [-0.4, -0.2) is 27.2 Å². The molecular formula is C14H19NO4S. The minimum absolute atomic E-state index is 0.0310. The summed E-state index contributed by atoms with van der Waals surface area (Å²) in [5.74, 6) is 0.136. The van der Waals surface area contributed by atoms with Gasteiger partial charge in [0.25, 0.3) is 0 Å². The van der Waals surface area contributed by atoms with Crippen molar-refractivity contribution in [3.05, 3.63) is 23.8 Å². The van der Waals surface area contributed by atoms with Crippen molar-refractivity contribution in [2.24, 2.45) is 5.92 Å². The van der Waals surface area contributed by atoms with Crippen LogP contribution in [0.4, 0.5) is 5.69 Å². The average molecular weight is 297 g/mol. The van der Waals surface area contributed by atoms with Crippen LogP contribution < -0.4 is 5.73 Å². The molecule has 0 unspecified atom stereocenters. The summed E-state index contributed by atoms with van der Waals surface area (Å²) in [6.07, 6.45) is 5.61. The van der Waals surface area contributed by atoms with E-state index in [4.69, 9.17) is 10.5 Å². The van der Waals surface area contributed by atoms with Crippen LogP contribution in [0.3, 0.4) is 0 Å². The molecule has 0 saturated heterocycles. The maximum absolute atomic E-state index is 11.9. The molecule has 0 heterocycles. The SMILES string of the molecule is CS(=O)(=O)c1cc(N)cc(C(=O)OCCC2CCC2)c1. The van der Waals surface area contributed by atoms with Gasteiger partial charge in [-0.25, -0.2) is 13.2 Å². The van der Waals surface area contributed by atoms with E-state index in [2.05, 4.69) is 0 Å². The van der Waals surface area contributed by atoms with E-state index >= 15 is 0 Å². The number of carbonyl (C=O) groups excluding carboxylic acids is 1. The molecule has 1 fully saturated rings. The zero-order chi connectivity index (χ0) is 14.8. The first-order valence-corrected chi connectivity index (χ1v) is 8.53. The van der Waals surface area contributed by atoms with Gasteiger partial charge in [0.2, 0.25) is 0 Å². The van der Waals surface area contributed by atoms with Gasteiger partial charge in [-0.05, 0) is 30.5 Å². The first kappa shape index (κ1) is 14.8. The van der Waals surface area contributed by atoms with E-state index in [1.807, 2.05) is 0 Å². The Morgan fingerprint density at radius 2 is 2.05 bits per heavy atom. The van der Waals surface area contributed by atoms with Crippen molar-refractivity contribution in [3.63, 3.8) is 0 Å². The predicted molar refractivity (Wildman–Crippen MR) is 76.2 cm³/mol. The second kappa shape index (κ2) is 5.83. The number of benzene rings is 1. The fraction of sp³-hybridized carbons (Fsp3) is 0.500. The number of nitrogen functional groups attached to an aromatic ring is 1. The molecule has 5 nitrogen and oxygen atoms in total. The molecule has 110 valence electrons. The van der Waals surface area contributed by atoms with Crippen molar-refractivity contribution >= 4 is 21.5 Å². The normalized spacial score (nSPS) is 15.7. The van der Waals surface area contributed by atoms with Crippen LogP contribution >= 0.6 is 0 Å². The van der Waals surface area contributed by atoms with Gasteiger partial charge in [-0.2, -0.15) is 0 Å². The van der Waals surface area contributed by atoms with E-state index in [9.17, 15) is 13.2 Å². The fourth-order valence-electron chi connectivity index (χ4n) is 2.14. The van der Waals surface area contributed by atoms with Gasteiger partial charge in [0.05, 0.1) is 17.1 Å². The number of sulfone groups is 1. The number of rotatable bonds is 5. The van der Waals surface area contributed by atoms with Gasteiger partial charge >= 0.3 is 5.97 Å². The first-order valence-electron chi connectivity index (χ1n) is 6.64. The minimum Gasteiger partial charge on any atom is -0.462 e. The zero-order valence-electron chi connectivity index (χ0n) is 11.5. The molecular weight excluding hydrogens is 278 g/mol. The van der Waals surface area contributed by atoms with Gasteiger partial charge in [0, 0.05) is 11.9 Å². The van der Waals surface area contributed by atoms with E-state index in [0.29, 0.717) is 12.5 Å². The van der Waals surface area contributed by atoms with Gasteiger partial charge in [-0.3, -0.25) is 0 Å². The largest absolute Gasteiger partial charge is 0.462 e. The van der Waals surface area contributed by atoms with Crippen LogP contribution in [0, 0.1) is 5.92 Å². The van der Waals surface area contributed by atoms with Gasteiger partial charge in [0.15, 0.2) is 9.84 Å². The molecule has 2 rings (SSSR count). The average Bonchev–Trinajstić information content (AvgIpc) is 2.30. The molecule has 1 saturated carbocycles. The molecule has 1 aliphatic rings. The Hall–Kier alpha value is -1.56. The van der Waals surface area contributed by atoms with E-state index in [-0.39, 0.29) is 16.1 Å². The van der Waals surface area contributed by atoms with Gasteiger partial charge < -0.3 is 10.5 Å². The van der Waals surface area contributed by atoms with Crippen LogP contribution in [0.5, 0.6) is 0 Å². The highest BCUT2D eigenvalue weighted by molar-refractivity contribution is 7.90. The van der Waals surface area contributed by atoms with Gasteiger partial charge in [-0.1, -0.05) is 19.3 Å². The van der Waals surface area contributed by atoms with E-state index in [1.54, 1.807) is 0 Å². The monoisotopic (exact) mass is 297 g/mol. The minimum atomic E-state index is -3.40. The summed E-state index contributed by atoms with van der Waals surface area (Å²) in [7, 11) is -3.40. The third kappa shape index (κ3) is 3.72. The van der Waals surface area contributed by atoms with Crippen LogP contribution in [0.2, 0.25) is 0 Å². The Labute approximate surface area is 119 Å². The van der Waals surface area contributed by atoms with Crippen molar-refractivity contribution in [2.75, 3.05) is 18.6 Å². The molecule has 6 heteroatoms. The molecule has 0 bridgehead atoms. The lowest BCUT2D eigenvalue weighted by Gasteiger charge is -2.24. The van der Waals surface area contributed by atoms with Crippen LogP contribution in [0.15, 0.2) is 23.1 Å². The molecule has 2 N–H and O–H groups in total. The molecule has 1 aliphatic carbocycles. The number of esters is 1. The first-order chi connectivity index (χ1) is 9.36. The summed E-state index contributed by atoms with van der Waals surface area (Å²) < 4.78 is 28.2. The van der Waals surface area contributed by atoms with Gasteiger partial charge in [0.1, 0.15) is 0 Å². The molecule has 0 amide bonds. The topological polar surface area (TPSA) is 86.5 Å². The summed E-state index contributed by atoms with van der Waals surface area (Å²) in [6, 6.07) is 4.07. The number of anilines is 1. The summed E-state index contributed by atoms with van der Waals surface area (Å²) in [4.78, 5) is 11.9. The smallest absolute Gasteiger partial charge is 0.338 e.